The number of rotatable bonds is 8. The van der Waals surface area contributed by atoms with Crippen LogP contribution in [0.4, 0.5) is 27.6 Å². The third-order valence-electron chi connectivity index (χ3n) is 5.84. The first-order valence-electron chi connectivity index (χ1n) is 11.4. The molecule has 1 aliphatic rings. The zero-order chi connectivity index (χ0) is 28.4. The Bertz CT molecular complexity index is 1530. The number of hydrazone groups is 1. The highest BCUT2D eigenvalue weighted by Gasteiger charge is 2.37. The second-order valence-corrected chi connectivity index (χ2v) is 8.77. The summed E-state index contributed by atoms with van der Waals surface area (Å²) in [5.74, 6) is -11.4. The number of hydrogen-bond acceptors (Lipinski definition) is 4. The molecule has 202 valence electrons. The van der Waals surface area contributed by atoms with Crippen LogP contribution in [0.1, 0.15) is 23.6 Å². The molecule has 3 aromatic carbocycles. The van der Waals surface area contributed by atoms with E-state index >= 15 is 0 Å². The van der Waals surface area contributed by atoms with E-state index in [1.165, 1.54) is 20.1 Å². The molecule has 1 heterocycles. The van der Waals surface area contributed by atoms with Gasteiger partial charge in [-0.25, -0.2) is 22.0 Å². The average molecular weight is 563 g/mol. The lowest BCUT2D eigenvalue weighted by atomic mass is 10.0. The van der Waals surface area contributed by atoms with Crippen LogP contribution in [0.25, 0.3) is 6.08 Å². The van der Waals surface area contributed by atoms with Crippen molar-refractivity contribution in [2.45, 2.75) is 20.0 Å². The van der Waals surface area contributed by atoms with Gasteiger partial charge in [-0.05, 0) is 43.2 Å². The molecule has 0 N–H and O–H groups in total. The first-order chi connectivity index (χ1) is 18.6. The average Bonchev–Trinajstić information content (AvgIpc) is 3.19. The van der Waals surface area contributed by atoms with Crippen LogP contribution in [-0.4, -0.2) is 18.7 Å². The number of methoxy groups -OCH3 is 1. The van der Waals surface area contributed by atoms with E-state index in [4.69, 9.17) is 21.1 Å². The topological polar surface area (TPSA) is 51.1 Å². The third-order valence-corrected chi connectivity index (χ3v) is 6.21. The number of amides is 1. The first kappa shape index (κ1) is 27.8. The van der Waals surface area contributed by atoms with Crippen molar-refractivity contribution in [1.29, 1.82) is 0 Å². The molecule has 0 aromatic heterocycles. The Morgan fingerprint density at radius 3 is 2.26 bits per heavy atom. The first-order valence-corrected chi connectivity index (χ1v) is 11.8. The predicted octanol–water partition coefficient (Wildman–Crippen LogP) is 7.16. The second-order valence-electron chi connectivity index (χ2n) is 8.36. The van der Waals surface area contributed by atoms with Crippen LogP contribution in [0.15, 0.2) is 59.7 Å². The van der Waals surface area contributed by atoms with Gasteiger partial charge in [0.15, 0.2) is 34.8 Å². The Kier molecular flexibility index (Phi) is 8.06. The van der Waals surface area contributed by atoms with E-state index in [0.717, 1.165) is 5.56 Å². The molecule has 1 amide bonds. The van der Waals surface area contributed by atoms with Crippen LogP contribution in [-0.2, 0) is 17.8 Å². The van der Waals surface area contributed by atoms with E-state index in [1.54, 1.807) is 30.3 Å². The summed E-state index contributed by atoms with van der Waals surface area (Å²) in [6, 6.07) is 10.4. The summed E-state index contributed by atoms with van der Waals surface area (Å²) in [6.07, 6.45) is 3.34. The predicted molar refractivity (Wildman–Crippen MR) is 137 cm³/mol. The summed E-state index contributed by atoms with van der Waals surface area (Å²) >= 11 is 6.22. The van der Waals surface area contributed by atoms with Crippen molar-refractivity contribution < 1.29 is 36.2 Å². The highest BCUT2D eigenvalue weighted by molar-refractivity contribution is 6.32. The Balaban J connectivity index is 1.72. The van der Waals surface area contributed by atoms with Crippen molar-refractivity contribution >= 4 is 35.0 Å². The maximum Gasteiger partial charge on any atom is 0.280 e. The maximum absolute atomic E-state index is 14.4. The van der Waals surface area contributed by atoms with E-state index < -0.39 is 40.7 Å². The Labute approximate surface area is 225 Å². The van der Waals surface area contributed by atoms with Crippen LogP contribution in [0.3, 0.4) is 0 Å². The van der Waals surface area contributed by atoms with Crippen LogP contribution in [0.2, 0.25) is 5.02 Å². The van der Waals surface area contributed by atoms with Crippen molar-refractivity contribution in [3.63, 3.8) is 0 Å². The van der Waals surface area contributed by atoms with Crippen molar-refractivity contribution in [3.05, 3.63) is 105 Å². The van der Waals surface area contributed by atoms with Gasteiger partial charge >= 0.3 is 0 Å². The Morgan fingerprint density at radius 1 is 1.00 bits per heavy atom. The quantitative estimate of drug-likeness (QED) is 0.0962. The number of benzene rings is 3. The summed E-state index contributed by atoms with van der Waals surface area (Å²) in [4.78, 5) is 13.0. The van der Waals surface area contributed by atoms with Crippen LogP contribution < -0.4 is 14.5 Å². The number of anilines is 1. The highest BCUT2D eigenvalue weighted by atomic mass is 35.5. The normalized spacial score (nSPS) is 14.2. The number of carbonyl (C=O) groups is 1. The smallest absolute Gasteiger partial charge is 0.280 e. The van der Waals surface area contributed by atoms with Crippen molar-refractivity contribution in [3.8, 4) is 11.5 Å². The third kappa shape index (κ3) is 5.24. The molecular weight excluding hydrogens is 543 g/mol. The van der Waals surface area contributed by atoms with E-state index in [1.807, 2.05) is 12.1 Å². The summed E-state index contributed by atoms with van der Waals surface area (Å²) in [5, 5.41) is 4.43. The summed E-state index contributed by atoms with van der Waals surface area (Å²) < 4.78 is 81.2. The maximum atomic E-state index is 14.4. The monoisotopic (exact) mass is 562 g/mol. The minimum absolute atomic E-state index is 0.00720. The van der Waals surface area contributed by atoms with Gasteiger partial charge in [0.05, 0.1) is 18.4 Å². The number of allylic oxidation sites excluding steroid dienone is 1. The largest absolute Gasteiger partial charge is 0.493 e. The molecule has 0 saturated carbocycles. The van der Waals surface area contributed by atoms with Crippen LogP contribution in [0.5, 0.6) is 11.5 Å². The van der Waals surface area contributed by atoms with Gasteiger partial charge in [-0.2, -0.15) is 10.1 Å². The summed E-state index contributed by atoms with van der Waals surface area (Å²) in [5.41, 5.74) is 0.203. The molecule has 0 saturated heterocycles. The fraction of sp³-hybridized carbons (Fsp3) is 0.143. The van der Waals surface area contributed by atoms with Gasteiger partial charge in [-0.3, -0.25) is 4.79 Å². The molecule has 0 unspecified atom stereocenters. The van der Waals surface area contributed by atoms with Gasteiger partial charge < -0.3 is 9.47 Å². The second kappa shape index (κ2) is 11.3. The molecule has 4 rings (SSSR count). The van der Waals surface area contributed by atoms with Crippen molar-refractivity contribution in [2.24, 2.45) is 5.10 Å². The summed E-state index contributed by atoms with van der Waals surface area (Å²) in [6.45, 7) is 5.25. The minimum atomic E-state index is -2.34. The van der Waals surface area contributed by atoms with E-state index in [2.05, 4.69) is 11.7 Å². The van der Waals surface area contributed by atoms with Crippen molar-refractivity contribution in [2.75, 3.05) is 12.1 Å². The molecule has 0 aliphatic carbocycles. The molecule has 0 atom stereocenters. The molecule has 0 spiro atoms. The van der Waals surface area contributed by atoms with Gasteiger partial charge in [0.1, 0.15) is 12.3 Å². The highest BCUT2D eigenvalue weighted by Crippen LogP contribution is 2.37. The number of hydrogen-bond donors (Lipinski definition) is 0. The van der Waals surface area contributed by atoms with Crippen LogP contribution >= 0.6 is 11.6 Å². The van der Waals surface area contributed by atoms with Gasteiger partial charge in [0, 0.05) is 16.1 Å². The van der Waals surface area contributed by atoms with Crippen molar-refractivity contribution in [1.82, 2.24) is 0 Å². The zero-order valence-electron chi connectivity index (χ0n) is 20.6. The van der Waals surface area contributed by atoms with E-state index in [-0.39, 0.29) is 22.9 Å². The molecule has 0 fully saturated rings. The van der Waals surface area contributed by atoms with Gasteiger partial charge in [0.2, 0.25) is 5.82 Å². The fourth-order valence-corrected chi connectivity index (χ4v) is 4.13. The molecular formula is C28H20ClF5N2O3. The SMILES string of the molecule is C=CCc1cc(/C=C2/C(=O)N(c3c(F)c(F)c(F)c(F)c3F)N=C2C)cc(OC)c1OCc1ccccc1Cl. The molecule has 0 bridgehead atoms. The summed E-state index contributed by atoms with van der Waals surface area (Å²) in [7, 11) is 1.42. The zero-order valence-corrected chi connectivity index (χ0v) is 21.4. The lowest BCUT2D eigenvalue weighted by Crippen LogP contribution is -2.25. The van der Waals surface area contributed by atoms with Gasteiger partial charge in [-0.1, -0.05) is 35.9 Å². The molecule has 11 heteroatoms. The van der Waals surface area contributed by atoms with Gasteiger partial charge in [-0.15, -0.1) is 6.58 Å². The van der Waals surface area contributed by atoms with Gasteiger partial charge in [0.25, 0.3) is 5.91 Å². The minimum Gasteiger partial charge on any atom is -0.493 e. The number of halogens is 6. The van der Waals surface area contributed by atoms with E-state index in [9.17, 15) is 26.7 Å². The lowest BCUT2D eigenvalue weighted by Gasteiger charge is -2.17. The fourth-order valence-electron chi connectivity index (χ4n) is 3.94. The standard InChI is InChI=1S/C28H20ClF5N2O3/c1-4-7-16-10-15(12-20(38-3)27(16)39-13-17-8-5-6-9-19(17)29)11-18-14(2)35-36(28(18)37)26-24(33)22(31)21(30)23(32)25(26)34/h4-6,8-12H,1,7,13H2,2-3H3/b18-11+. The number of ether oxygens (including phenoxy) is 2. The number of nitrogens with zero attached hydrogens (tertiary/aromatic N) is 2. The molecule has 5 nitrogen and oxygen atoms in total. The van der Waals surface area contributed by atoms with Crippen LogP contribution in [0, 0.1) is 29.1 Å². The Morgan fingerprint density at radius 2 is 1.64 bits per heavy atom. The number of carbonyl (C=O) groups excluding carboxylic acids is 1. The molecule has 3 aromatic rings. The molecule has 39 heavy (non-hydrogen) atoms. The molecule has 0 radical (unpaired) electrons. The molecule has 1 aliphatic heterocycles. The Hall–Kier alpha value is -4.18. The lowest BCUT2D eigenvalue weighted by molar-refractivity contribution is -0.114. The van der Waals surface area contributed by atoms with E-state index in [0.29, 0.717) is 34.1 Å².